The lowest BCUT2D eigenvalue weighted by atomic mass is 9.86. The number of methoxy groups -OCH3 is 1. The van der Waals surface area contributed by atoms with Crippen LogP contribution in [-0.2, 0) is 14.3 Å². The maximum Gasteiger partial charge on any atom is 0.313 e. The van der Waals surface area contributed by atoms with Crippen LogP contribution in [0.4, 0.5) is 5.69 Å². The zero-order valence-electron chi connectivity index (χ0n) is 16.2. The smallest absolute Gasteiger partial charge is 0.313 e. The Bertz CT molecular complexity index is 861. The molecule has 0 radical (unpaired) electrons. The third kappa shape index (κ3) is 3.82. The van der Waals surface area contributed by atoms with E-state index in [1.54, 1.807) is 4.90 Å². The van der Waals surface area contributed by atoms with Gasteiger partial charge in [0.2, 0.25) is 0 Å². The molecule has 1 aliphatic heterocycles. The van der Waals surface area contributed by atoms with Crippen LogP contribution in [0.2, 0.25) is 0 Å². The van der Waals surface area contributed by atoms with Gasteiger partial charge in [0.25, 0.3) is 5.91 Å². The summed E-state index contributed by atoms with van der Waals surface area (Å²) in [6.45, 7) is 5.88. The molecule has 2 atom stereocenters. The minimum Gasteiger partial charge on any atom is -0.483 e. The molecule has 0 N–H and O–H groups in total. The summed E-state index contributed by atoms with van der Waals surface area (Å²) in [6, 6.07) is 13.3. The molecule has 0 aliphatic carbocycles. The molecule has 0 saturated carbocycles. The minimum absolute atomic E-state index is 0.0501. The molecule has 1 aliphatic rings. The van der Waals surface area contributed by atoms with Crippen molar-refractivity contribution in [1.82, 2.24) is 0 Å². The van der Waals surface area contributed by atoms with Crippen LogP contribution >= 0.6 is 0 Å². The van der Waals surface area contributed by atoms with E-state index in [2.05, 4.69) is 0 Å². The molecule has 2 aromatic carbocycles. The van der Waals surface area contributed by atoms with E-state index in [4.69, 9.17) is 9.47 Å². The number of anilines is 1. The maximum atomic E-state index is 13.0. The Labute approximate surface area is 159 Å². The maximum absolute atomic E-state index is 13.0. The number of para-hydroxylation sites is 1. The molecule has 5 heteroatoms. The first-order valence-electron chi connectivity index (χ1n) is 9.11. The average Bonchev–Trinajstić information content (AvgIpc) is 2.65. The molecule has 0 bridgehead atoms. The summed E-state index contributed by atoms with van der Waals surface area (Å²) in [7, 11) is 1.39. The summed E-state index contributed by atoms with van der Waals surface area (Å²) in [5, 5.41) is 0. The Balaban J connectivity index is 1.82. The number of fused-ring (bicyclic) bond motifs is 1. The molecule has 1 amide bonds. The van der Waals surface area contributed by atoms with Gasteiger partial charge in [-0.2, -0.15) is 0 Å². The van der Waals surface area contributed by atoms with Crippen LogP contribution in [-0.4, -0.2) is 31.6 Å². The fourth-order valence-corrected chi connectivity index (χ4v) is 3.73. The Kier molecular flexibility index (Phi) is 5.49. The van der Waals surface area contributed by atoms with Crippen LogP contribution in [0.1, 0.15) is 36.0 Å². The number of carbonyl (C=O) groups excluding carboxylic acids is 2. The molecular weight excluding hydrogens is 342 g/mol. The molecule has 0 aromatic heterocycles. The predicted molar refractivity (Wildman–Crippen MR) is 104 cm³/mol. The number of rotatable bonds is 4. The van der Waals surface area contributed by atoms with Crippen molar-refractivity contribution in [1.29, 1.82) is 0 Å². The highest BCUT2D eigenvalue weighted by molar-refractivity contribution is 5.98. The van der Waals surface area contributed by atoms with Gasteiger partial charge in [-0.15, -0.1) is 0 Å². The summed E-state index contributed by atoms with van der Waals surface area (Å²) in [4.78, 5) is 26.9. The lowest BCUT2D eigenvalue weighted by Gasteiger charge is -2.38. The number of esters is 1. The van der Waals surface area contributed by atoms with Gasteiger partial charge in [0, 0.05) is 11.7 Å². The monoisotopic (exact) mass is 367 g/mol. The van der Waals surface area contributed by atoms with Crippen LogP contribution in [0.5, 0.6) is 5.75 Å². The highest BCUT2D eigenvalue weighted by Gasteiger charge is 2.37. The van der Waals surface area contributed by atoms with E-state index >= 15 is 0 Å². The number of hydrogen-bond donors (Lipinski definition) is 0. The molecule has 5 nitrogen and oxygen atoms in total. The van der Waals surface area contributed by atoms with E-state index in [0.717, 1.165) is 22.4 Å². The van der Waals surface area contributed by atoms with Gasteiger partial charge in [-0.3, -0.25) is 9.59 Å². The molecule has 0 fully saturated rings. The van der Waals surface area contributed by atoms with E-state index in [9.17, 15) is 9.59 Å². The standard InChI is InChI=1S/C22H25NO4/c1-14-9-10-20(15(2)11-14)27-13-21(24)23-16(3)12-18(22(25)26-4)17-7-5-6-8-19(17)23/h5-11,16,18H,12-13H2,1-4H3. The van der Waals surface area contributed by atoms with Gasteiger partial charge in [0.15, 0.2) is 6.61 Å². The normalized spacial score (nSPS) is 18.6. The first-order chi connectivity index (χ1) is 12.9. The highest BCUT2D eigenvalue weighted by atomic mass is 16.5. The number of aryl methyl sites for hydroxylation is 2. The molecule has 0 spiro atoms. The van der Waals surface area contributed by atoms with Crippen LogP contribution < -0.4 is 9.64 Å². The number of benzene rings is 2. The topological polar surface area (TPSA) is 55.8 Å². The number of ether oxygens (including phenoxy) is 2. The summed E-state index contributed by atoms with van der Waals surface area (Å²) in [6.07, 6.45) is 0.527. The molecule has 27 heavy (non-hydrogen) atoms. The van der Waals surface area contributed by atoms with Crippen molar-refractivity contribution in [3.8, 4) is 5.75 Å². The van der Waals surface area contributed by atoms with E-state index in [1.807, 2.05) is 63.2 Å². The van der Waals surface area contributed by atoms with Crippen molar-refractivity contribution in [3.05, 3.63) is 59.2 Å². The van der Waals surface area contributed by atoms with Gasteiger partial charge in [-0.1, -0.05) is 35.9 Å². The third-order valence-electron chi connectivity index (χ3n) is 5.03. The third-order valence-corrected chi connectivity index (χ3v) is 5.03. The lowest BCUT2D eigenvalue weighted by molar-refractivity contribution is -0.143. The van der Waals surface area contributed by atoms with Gasteiger partial charge >= 0.3 is 5.97 Å². The van der Waals surface area contributed by atoms with Gasteiger partial charge in [0.1, 0.15) is 5.75 Å². The van der Waals surface area contributed by atoms with Gasteiger partial charge in [0.05, 0.1) is 13.0 Å². The van der Waals surface area contributed by atoms with E-state index in [1.165, 1.54) is 7.11 Å². The SMILES string of the molecule is COC(=O)C1CC(C)N(C(=O)COc2ccc(C)cc2C)c2ccccc21. The average molecular weight is 367 g/mol. The van der Waals surface area contributed by atoms with Crippen molar-refractivity contribution in [2.75, 3.05) is 18.6 Å². The Morgan fingerprint density at radius 1 is 1.15 bits per heavy atom. The number of carbonyl (C=O) groups is 2. The fraction of sp³-hybridized carbons (Fsp3) is 0.364. The summed E-state index contributed by atoms with van der Waals surface area (Å²) in [5.41, 5.74) is 3.72. The molecular formula is C22H25NO4. The van der Waals surface area contributed by atoms with Crippen molar-refractivity contribution in [2.24, 2.45) is 0 Å². The Hall–Kier alpha value is -2.82. The highest BCUT2D eigenvalue weighted by Crippen LogP contribution is 2.39. The van der Waals surface area contributed by atoms with Crippen LogP contribution in [0.15, 0.2) is 42.5 Å². The molecule has 3 rings (SSSR count). The van der Waals surface area contributed by atoms with Crippen molar-refractivity contribution in [3.63, 3.8) is 0 Å². The van der Waals surface area contributed by atoms with Crippen LogP contribution in [0.25, 0.3) is 0 Å². The minimum atomic E-state index is -0.356. The number of amides is 1. The second-order valence-electron chi connectivity index (χ2n) is 7.04. The van der Waals surface area contributed by atoms with Gasteiger partial charge in [-0.05, 0) is 50.5 Å². The zero-order valence-corrected chi connectivity index (χ0v) is 16.2. The first-order valence-corrected chi connectivity index (χ1v) is 9.11. The number of hydrogen-bond acceptors (Lipinski definition) is 4. The Morgan fingerprint density at radius 3 is 2.59 bits per heavy atom. The molecule has 2 aromatic rings. The van der Waals surface area contributed by atoms with Crippen molar-refractivity contribution in [2.45, 2.75) is 39.2 Å². The van der Waals surface area contributed by atoms with Crippen LogP contribution in [0, 0.1) is 13.8 Å². The number of nitrogens with zero attached hydrogens (tertiary/aromatic N) is 1. The predicted octanol–water partition coefficient (Wildman–Crippen LogP) is 3.76. The fourth-order valence-electron chi connectivity index (χ4n) is 3.73. The van der Waals surface area contributed by atoms with Crippen molar-refractivity contribution < 1.29 is 19.1 Å². The van der Waals surface area contributed by atoms with E-state index < -0.39 is 0 Å². The summed E-state index contributed by atoms with van der Waals surface area (Å²) >= 11 is 0. The first kappa shape index (κ1) is 19.0. The molecule has 1 heterocycles. The lowest BCUT2D eigenvalue weighted by Crippen LogP contribution is -2.46. The van der Waals surface area contributed by atoms with E-state index in [0.29, 0.717) is 12.2 Å². The molecule has 2 unspecified atom stereocenters. The van der Waals surface area contributed by atoms with Crippen molar-refractivity contribution >= 4 is 17.6 Å². The summed E-state index contributed by atoms with van der Waals surface area (Å²) < 4.78 is 10.7. The second-order valence-corrected chi connectivity index (χ2v) is 7.04. The van der Waals surface area contributed by atoms with Gasteiger partial charge < -0.3 is 14.4 Å². The molecule has 142 valence electrons. The zero-order chi connectivity index (χ0) is 19.6. The second kappa shape index (κ2) is 7.82. The largest absolute Gasteiger partial charge is 0.483 e. The molecule has 0 saturated heterocycles. The Morgan fingerprint density at radius 2 is 1.89 bits per heavy atom. The van der Waals surface area contributed by atoms with E-state index in [-0.39, 0.29) is 30.4 Å². The quantitative estimate of drug-likeness (QED) is 0.772. The van der Waals surface area contributed by atoms with Gasteiger partial charge in [-0.25, -0.2) is 0 Å². The summed E-state index contributed by atoms with van der Waals surface area (Å²) in [5.74, 6) is -0.0454. The van der Waals surface area contributed by atoms with Crippen LogP contribution in [0.3, 0.4) is 0 Å².